The summed E-state index contributed by atoms with van der Waals surface area (Å²) in [6, 6.07) is 14.9. The molecule has 0 bridgehead atoms. The normalized spacial score (nSPS) is 17.0. The highest BCUT2D eigenvalue weighted by molar-refractivity contribution is 6.30. The van der Waals surface area contributed by atoms with Gasteiger partial charge in [0.05, 0.1) is 6.04 Å². The predicted molar refractivity (Wildman–Crippen MR) is 110 cm³/mol. The Balaban J connectivity index is 1.57. The number of halogens is 1. The number of carbonyl (C=O) groups excluding carboxylic acids is 1. The minimum Gasteiger partial charge on any atom is -0.463 e. The van der Waals surface area contributed by atoms with Crippen molar-refractivity contribution in [3.8, 4) is 0 Å². The third-order valence-corrected chi connectivity index (χ3v) is 4.78. The largest absolute Gasteiger partial charge is 0.463 e. The molecule has 0 spiro atoms. The number of nitrogens with one attached hydrogen (secondary N) is 2. The number of ether oxygens (including phenoxy) is 1. The van der Waals surface area contributed by atoms with Gasteiger partial charge in [0.2, 0.25) is 0 Å². The first-order valence-electron chi connectivity index (χ1n) is 8.93. The van der Waals surface area contributed by atoms with Gasteiger partial charge in [-0.2, -0.15) is 0 Å². The van der Waals surface area contributed by atoms with E-state index in [1.165, 1.54) is 5.56 Å². The maximum absolute atomic E-state index is 12.1. The average Bonchev–Trinajstić information content (AvgIpc) is 3.07. The molecule has 4 N–H and O–H groups in total. The maximum atomic E-state index is 12.1. The average molecular weight is 387 g/mol. The summed E-state index contributed by atoms with van der Waals surface area (Å²) in [6.45, 7) is 2.70. The lowest BCUT2D eigenvalue weighted by Crippen LogP contribution is -2.19. The van der Waals surface area contributed by atoms with Crippen LogP contribution in [0.2, 0.25) is 5.02 Å². The van der Waals surface area contributed by atoms with Crippen LogP contribution in [0.1, 0.15) is 31.2 Å². The number of amides is 2. The molecule has 2 aromatic rings. The highest BCUT2D eigenvalue weighted by atomic mass is 35.5. The van der Waals surface area contributed by atoms with Crippen LogP contribution in [0.15, 0.2) is 53.5 Å². The molecule has 0 fully saturated rings. The Bertz CT molecular complexity index is 806. The number of benzene rings is 2. The summed E-state index contributed by atoms with van der Waals surface area (Å²) in [6.07, 6.45) is 1.89. The van der Waals surface area contributed by atoms with E-state index in [1.807, 2.05) is 24.3 Å². The molecule has 1 heterocycles. The third kappa shape index (κ3) is 5.37. The Morgan fingerprint density at radius 3 is 2.30 bits per heavy atom. The number of nitrogens with two attached hydrogens (primary N) is 1. The fraction of sp³-hybridized carbons (Fsp3) is 0.300. The van der Waals surface area contributed by atoms with Crippen molar-refractivity contribution in [2.24, 2.45) is 10.7 Å². The van der Waals surface area contributed by atoms with Crippen LogP contribution in [-0.2, 0) is 4.74 Å². The van der Waals surface area contributed by atoms with Gasteiger partial charge in [0.25, 0.3) is 6.02 Å². The molecule has 0 saturated heterocycles. The number of hydrogen-bond acceptors (Lipinski definition) is 4. The van der Waals surface area contributed by atoms with E-state index in [2.05, 4.69) is 22.5 Å². The van der Waals surface area contributed by atoms with Gasteiger partial charge in [0.1, 0.15) is 6.61 Å². The Labute approximate surface area is 163 Å². The monoisotopic (exact) mass is 386 g/mol. The van der Waals surface area contributed by atoms with Gasteiger partial charge in [-0.3, -0.25) is 0 Å². The first-order valence-corrected chi connectivity index (χ1v) is 9.31. The molecule has 0 saturated carbocycles. The fourth-order valence-corrected chi connectivity index (χ4v) is 3.21. The number of anilines is 2. The molecule has 0 radical (unpaired) electrons. The highest BCUT2D eigenvalue weighted by Gasteiger charge is 2.21. The number of hydrogen-bond donors (Lipinski definition) is 3. The van der Waals surface area contributed by atoms with Crippen LogP contribution < -0.4 is 16.4 Å². The first kappa shape index (κ1) is 19.0. The molecule has 6 nitrogen and oxygen atoms in total. The van der Waals surface area contributed by atoms with E-state index in [-0.39, 0.29) is 18.1 Å². The molecule has 1 aliphatic heterocycles. The summed E-state index contributed by atoms with van der Waals surface area (Å²) in [4.78, 5) is 16.4. The zero-order chi connectivity index (χ0) is 19.2. The van der Waals surface area contributed by atoms with E-state index < -0.39 is 0 Å². The summed E-state index contributed by atoms with van der Waals surface area (Å²) < 4.78 is 5.23. The predicted octanol–water partition coefficient (Wildman–Crippen LogP) is 4.58. The third-order valence-electron chi connectivity index (χ3n) is 4.52. The molecule has 2 aromatic carbocycles. The summed E-state index contributed by atoms with van der Waals surface area (Å²) in [5.74, 6) is 0.366. The first-order chi connectivity index (χ1) is 13.0. The van der Waals surface area contributed by atoms with Crippen LogP contribution in [0.25, 0.3) is 0 Å². The van der Waals surface area contributed by atoms with Gasteiger partial charge < -0.3 is 21.1 Å². The number of aliphatic imine (C=N–C) groups is 1. The minimum absolute atomic E-state index is 0.109. The molecule has 2 amide bonds. The van der Waals surface area contributed by atoms with Crippen LogP contribution in [0.3, 0.4) is 0 Å². The smallest absolute Gasteiger partial charge is 0.323 e. The lowest BCUT2D eigenvalue weighted by atomic mass is 9.90. The van der Waals surface area contributed by atoms with E-state index >= 15 is 0 Å². The van der Waals surface area contributed by atoms with Gasteiger partial charge in [-0.15, -0.1) is 0 Å². The van der Waals surface area contributed by atoms with Crippen molar-refractivity contribution in [3.63, 3.8) is 0 Å². The molecule has 3 rings (SSSR count). The molecule has 1 aliphatic rings. The zero-order valence-corrected chi connectivity index (χ0v) is 15.9. The molecule has 1 unspecified atom stereocenters. The SMILES string of the molecule is CC[C@@H](CC1COC(N)=N1)c1ccc(NC(=O)Nc2ccc(Cl)cc2)cc1. The molecular weight excluding hydrogens is 364 g/mol. The Hall–Kier alpha value is -2.73. The fourth-order valence-electron chi connectivity index (χ4n) is 3.09. The number of nitrogens with zero attached hydrogens (tertiary/aromatic N) is 1. The van der Waals surface area contributed by atoms with Gasteiger partial charge in [0, 0.05) is 16.4 Å². The Morgan fingerprint density at radius 2 is 1.78 bits per heavy atom. The molecular formula is C20H23ClN4O2. The molecule has 0 aromatic heterocycles. The topological polar surface area (TPSA) is 88.7 Å². The molecule has 0 aliphatic carbocycles. The summed E-state index contributed by atoms with van der Waals surface area (Å²) in [7, 11) is 0. The summed E-state index contributed by atoms with van der Waals surface area (Å²) in [5, 5.41) is 6.22. The second-order valence-corrected chi connectivity index (χ2v) is 6.92. The van der Waals surface area contributed by atoms with Crippen molar-refractivity contribution >= 4 is 35.0 Å². The van der Waals surface area contributed by atoms with Gasteiger partial charge in [0.15, 0.2) is 0 Å². The molecule has 27 heavy (non-hydrogen) atoms. The minimum atomic E-state index is -0.301. The van der Waals surface area contributed by atoms with Gasteiger partial charge in [-0.05, 0) is 60.7 Å². The number of urea groups is 1. The number of rotatable bonds is 6. The summed E-state index contributed by atoms with van der Waals surface area (Å²) >= 11 is 5.84. The molecule has 142 valence electrons. The highest BCUT2D eigenvalue weighted by Crippen LogP contribution is 2.28. The van der Waals surface area contributed by atoms with Crippen molar-refractivity contribution < 1.29 is 9.53 Å². The second kappa shape index (κ2) is 8.77. The van der Waals surface area contributed by atoms with Gasteiger partial charge in [-0.25, -0.2) is 9.79 Å². The summed E-state index contributed by atoms with van der Waals surface area (Å²) in [5.41, 5.74) is 8.20. The number of carbonyl (C=O) groups is 1. The van der Waals surface area contributed by atoms with Crippen molar-refractivity contribution in [3.05, 3.63) is 59.1 Å². The van der Waals surface area contributed by atoms with E-state index in [0.717, 1.165) is 18.5 Å². The zero-order valence-electron chi connectivity index (χ0n) is 15.1. The van der Waals surface area contributed by atoms with Crippen LogP contribution in [0, 0.1) is 0 Å². The van der Waals surface area contributed by atoms with E-state index in [0.29, 0.717) is 23.2 Å². The van der Waals surface area contributed by atoms with Crippen molar-refractivity contribution in [2.75, 3.05) is 17.2 Å². The van der Waals surface area contributed by atoms with E-state index in [4.69, 9.17) is 22.1 Å². The van der Waals surface area contributed by atoms with Gasteiger partial charge in [-0.1, -0.05) is 30.7 Å². The Kier molecular flexibility index (Phi) is 6.19. The standard InChI is InChI=1S/C20H23ClN4O2/c1-2-13(11-18-12-27-19(22)23-18)14-3-7-16(8-4-14)24-20(26)25-17-9-5-15(21)6-10-17/h3-10,13,18H,2,11-12H2,1H3,(H2,22,23)(H2,24,25,26)/t13-,18?/m0/s1. The lowest BCUT2D eigenvalue weighted by molar-refractivity contribution is 0.262. The molecule has 7 heteroatoms. The van der Waals surface area contributed by atoms with E-state index in [1.54, 1.807) is 24.3 Å². The number of amidine groups is 1. The Morgan fingerprint density at radius 1 is 1.19 bits per heavy atom. The van der Waals surface area contributed by atoms with Crippen LogP contribution in [0.5, 0.6) is 0 Å². The lowest BCUT2D eigenvalue weighted by Gasteiger charge is -2.18. The van der Waals surface area contributed by atoms with Crippen LogP contribution in [-0.4, -0.2) is 24.7 Å². The van der Waals surface area contributed by atoms with Crippen molar-refractivity contribution in [1.29, 1.82) is 0 Å². The quantitative estimate of drug-likeness (QED) is 0.678. The van der Waals surface area contributed by atoms with Crippen LogP contribution in [0.4, 0.5) is 16.2 Å². The van der Waals surface area contributed by atoms with Crippen LogP contribution >= 0.6 is 11.6 Å². The maximum Gasteiger partial charge on any atom is 0.323 e. The van der Waals surface area contributed by atoms with E-state index in [9.17, 15) is 4.79 Å². The van der Waals surface area contributed by atoms with Gasteiger partial charge >= 0.3 is 6.03 Å². The van der Waals surface area contributed by atoms with Crippen molar-refractivity contribution in [2.45, 2.75) is 31.7 Å². The molecule has 2 atom stereocenters. The second-order valence-electron chi connectivity index (χ2n) is 6.48. The van der Waals surface area contributed by atoms with Crippen molar-refractivity contribution in [1.82, 2.24) is 0 Å².